The number of nitrogens with one attached hydrogen (secondary N) is 2. The largest absolute Gasteiger partial charge is 0.497 e. The summed E-state index contributed by atoms with van der Waals surface area (Å²) in [5, 5.41) is 24.6. The minimum Gasteiger partial charge on any atom is -0.497 e. The second-order valence-electron chi connectivity index (χ2n) is 8.00. The Morgan fingerprint density at radius 1 is 1.08 bits per heavy atom. The van der Waals surface area contributed by atoms with Gasteiger partial charge in [0.05, 0.1) is 29.8 Å². The van der Waals surface area contributed by atoms with Gasteiger partial charge in [-0.2, -0.15) is 13.2 Å². The molecule has 3 aromatic carbocycles. The smallest absolute Gasteiger partial charge is 0.418 e. The van der Waals surface area contributed by atoms with Crippen molar-refractivity contribution in [3.05, 3.63) is 99.9 Å². The molecule has 1 heterocycles. The van der Waals surface area contributed by atoms with Crippen LogP contribution in [-0.4, -0.2) is 32.8 Å². The molecular formula is C25H21F3N6O4S. The van der Waals surface area contributed by atoms with Gasteiger partial charge in [-0.15, -0.1) is 10.2 Å². The normalized spacial score (nSPS) is 11.2. The van der Waals surface area contributed by atoms with Crippen molar-refractivity contribution in [3.8, 4) is 11.4 Å². The second-order valence-corrected chi connectivity index (χ2v) is 8.94. The van der Waals surface area contributed by atoms with Gasteiger partial charge < -0.3 is 15.4 Å². The summed E-state index contributed by atoms with van der Waals surface area (Å²) < 4.78 is 46.7. The summed E-state index contributed by atoms with van der Waals surface area (Å²) >= 11 is 1.33. The highest BCUT2D eigenvalue weighted by Gasteiger charge is 2.33. The van der Waals surface area contributed by atoms with Gasteiger partial charge in [-0.25, -0.2) is 4.79 Å². The molecule has 0 atom stereocenters. The molecule has 1 aromatic heterocycles. The number of alkyl halides is 3. The molecule has 202 valence electrons. The maximum Gasteiger partial charge on any atom is 0.418 e. The van der Waals surface area contributed by atoms with E-state index in [1.165, 1.54) is 48.2 Å². The van der Waals surface area contributed by atoms with Crippen LogP contribution >= 0.6 is 11.8 Å². The molecular weight excluding hydrogens is 537 g/mol. The summed E-state index contributed by atoms with van der Waals surface area (Å²) in [4.78, 5) is 23.0. The molecule has 0 saturated carbocycles. The lowest BCUT2D eigenvalue weighted by Crippen LogP contribution is -2.30. The number of hydrogen-bond acceptors (Lipinski definition) is 7. The van der Waals surface area contributed by atoms with E-state index in [-0.39, 0.29) is 18.1 Å². The fraction of sp³-hybridized carbons (Fsp3) is 0.160. The summed E-state index contributed by atoms with van der Waals surface area (Å²) in [7, 11) is 1.56. The minimum absolute atomic E-state index is 0.111. The number of aromatic nitrogens is 3. The molecule has 14 heteroatoms. The van der Waals surface area contributed by atoms with Crippen molar-refractivity contribution in [1.82, 2.24) is 20.1 Å². The predicted octanol–water partition coefficient (Wildman–Crippen LogP) is 5.82. The molecule has 10 nitrogen and oxygen atoms in total. The molecule has 0 radical (unpaired) electrons. The molecule has 4 aromatic rings. The fourth-order valence-electron chi connectivity index (χ4n) is 3.57. The molecule has 0 aliphatic carbocycles. The quantitative estimate of drug-likeness (QED) is 0.151. The van der Waals surface area contributed by atoms with Crippen molar-refractivity contribution in [1.29, 1.82) is 0 Å². The lowest BCUT2D eigenvalue weighted by Gasteiger charge is -2.14. The average molecular weight is 559 g/mol. The number of anilines is 1. The van der Waals surface area contributed by atoms with Gasteiger partial charge in [0.15, 0.2) is 11.0 Å². The van der Waals surface area contributed by atoms with E-state index >= 15 is 0 Å². The Morgan fingerprint density at radius 3 is 2.51 bits per heavy atom. The number of benzene rings is 3. The number of hydrogen-bond donors (Lipinski definition) is 2. The van der Waals surface area contributed by atoms with Crippen LogP contribution in [-0.2, 0) is 18.5 Å². The van der Waals surface area contributed by atoms with Crippen LogP contribution in [0.5, 0.6) is 5.75 Å². The van der Waals surface area contributed by atoms with Crippen molar-refractivity contribution in [2.24, 2.45) is 0 Å². The van der Waals surface area contributed by atoms with E-state index in [0.29, 0.717) is 22.3 Å². The number of ether oxygens (including phenoxy) is 1. The van der Waals surface area contributed by atoms with Crippen molar-refractivity contribution in [2.75, 3.05) is 12.4 Å². The van der Waals surface area contributed by atoms with Crippen molar-refractivity contribution >= 4 is 29.2 Å². The summed E-state index contributed by atoms with van der Waals surface area (Å²) in [5.41, 5.74) is -0.0440. The zero-order valence-electron chi connectivity index (χ0n) is 20.3. The molecule has 4 rings (SSSR count). The molecule has 0 aliphatic heterocycles. The summed E-state index contributed by atoms with van der Waals surface area (Å²) in [6.07, 6.45) is -4.64. The first kappa shape index (κ1) is 27.4. The van der Waals surface area contributed by atoms with E-state index < -0.39 is 28.4 Å². The highest BCUT2D eigenvalue weighted by Crippen LogP contribution is 2.34. The van der Waals surface area contributed by atoms with Crippen LogP contribution in [0, 0.1) is 10.1 Å². The van der Waals surface area contributed by atoms with Crippen LogP contribution < -0.4 is 15.4 Å². The number of para-hydroxylation sites is 1. The fourth-order valence-corrected chi connectivity index (χ4v) is 4.48. The van der Waals surface area contributed by atoms with Crippen LogP contribution in [0.3, 0.4) is 0 Å². The lowest BCUT2D eigenvalue weighted by molar-refractivity contribution is -0.384. The van der Waals surface area contributed by atoms with E-state index in [0.717, 1.165) is 17.7 Å². The van der Waals surface area contributed by atoms with E-state index in [1.807, 2.05) is 24.3 Å². The first-order chi connectivity index (χ1) is 18.7. The molecule has 0 bridgehead atoms. The topological polar surface area (TPSA) is 124 Å². The standard InChI is InChI=1S/C25H21F3N6O4S/c1-38-19-6-4-5-16(13-19)15-39-24-32-31-22(33(24)17-9-11-18(12-10-17)34(36)37)14-29-23(35)30-21-8-3-2-7-20(21)25(26,27)28/h2-13H,14-15H2,1H3,(H2,29,30,35). The number of carbonyl (C=O) groups is 1. The highest BCUT2D eigenvalue weighted by atomic mass is 32.2. The molecule has 0 aliphatic rings. The monoisotopic (exact) mass is 558 g/mol. The third-order valence-electron chi connectivity index (χ3n) is 5.41. The maximum atomic E-state index is 13.3. The molecule has 2 N–H and O–H groups in total. The summed E-state index contributed by atoms with van der Waals surface area (Å²) in [5.74, 6) is 1.44. The van der Waals surface area contributed by atoms with Crippen LogP contribution in [0.1, 0.15) is 17.0 Å². The Hall–Kier alpha value is -4.59. The third kappa shape index (κ3) is 6.84. The number of methoxy groups -OCH3 is 1. The number of carbonyl (C=O) groups excluding carboxylic acids is 1. The number of nitro groups is 1. The van der Waals surface area contributed by atoms with Gasteiger partial charge >= 0.3 is 12.2 Å². The summed E-state index contributed by atoms with van der Waals surface area (Å²) in [6.45, 7) is -0.191. The van der Waals surface area contributed by atoms with Gasteiger partial charge in [0.25, 0.3) is 5.69 Å². The van der Waals surface area contributed by atoms with Gasteiger partial charge in [0.1, 0.15) is 5.75 Å². The van der Waals surface area contributed by atoms with Crippen molar-refractivity contribution in [3.63, 3.8) is 0 Å². The number of rotatable bonds is 9. The Labute approximate surface area is 224 Å². The SMILES string of the molecule is COc1cccc(CSc2nnc(CNC(=O)Nc3ccccc3C(F)(F)F)n2-c2ccc([N+](=O)[O-])cc2)c1. The molecule has 0 spiro atoms. The zero-order valence-corrected chi connectivity index (χ0v) is 21.1. The predicted molar refractivity (Wildman–Crippen MR) is 138 cm³/mol. The molecule has 39 heavy (non-hydrogen) atoms. The van der Waals surface area contributed by atoms with Gasteiger partial charge in [-0.3, -0.25) is 14.7 Å². The van der Waals surface area contributed by atoms with Gasteiger partial charge in [0, 0.05) is 23.6 Å². The Kier molecular flexibility index (Phi) is 8.34. The van der Waals surface area contributed by atoms with E-state index in [2.05, 4.69) is 20.8 Å². The molecule has 0 unspecified atom stereocenters. The Bertz CT molecular complexity index is 1480. The first-order valence-corrected chi connectivity index (χ1v) is 12.3. The lowest BCUT2D eigenvalue weighted by atomic mass is 10.1. The number of nitrogens with zero attached hydrogens (tertiary/aromatic N) is 4. The number of amides is 2. The van der Waals surface area contributed by atoms with Crippen LogP contribution in [0.4, 0.5) is 29.3 Å². The Morgan fingerprint density at radius 2 is 1.82 bits per heavy atom. The number of urea groups is 1. The van der Waals surface area contributed by atoms with Crippen molar-refractivity contribution < 1.29 is 27.6 Å². The minimum atomic E-state index is -4.64. The van der Waals surface area contributed by atoms with Crippen LogP contribution in [0.15, 0.2) is 78.0 Å². The maximum absolute atomic E-state index is 13.3. The number of halogens is 3. The first-order valence-electron chi connectivity index (χ1n) is 11.3. The summed E-state index contributed by atoms with van der Waals surface area (Å²) in [6, 6.07) is 16.9. The zero-order chi connectivity index (χ0) is 28.0. The second kappa shape index (κ2) is 11.9. The van der Waals surface area contributed by atoms with E-state index in [4.69, 9.17) is 4.74 Å². The molecule has 2 amide bonds. The van der Waals surface area contributed by atoms with Crippen LogP contribution in [0.25, 0.3) is 5.69 Å². The Balaban J connectivity index is 1.55. The number of thioether (sulfide) groups is 1. The average Bonchev–Trinajstić information content (AvgIpc) is 3.33. The van der Waals surface area contributed by atoms with Gasteiger partial charge in [-0.1, -0.05) is 36.0 Å². The number of nitro benzene ring substituents is 1. The highest BCUT2D eigenvalue weighted by molar-refractivity contribution is 7.98. The molecule has 0 saturated heterocycles. The molecule has 0 fully saturated rings. The van der Waals surface area contributed by atoms with Gasteiger partial charge in [-0.05, 0) is 42.0 Å². The number of non-ortho nitro benzene ring substituents is 1. The van der Waals surface area contributed by atoms with Crippen LogP contribution in [0.2, 0.25) is 0 Å². The third-order valence-corrected chi connectivity index (χ3v) is 6.41. The van der Waals surface area contributed by atoms with E-state index in [1.54, 1.807) is 11.7 Å². The van der Waals surface area contributed by atoms with Gasteiger partial charge in [0.2, 0.25) is 0 Å². The van der Waals surface area contributed by atoms with E-state index in [9.17, 15) is 28.1 Å². The van der Waals surface area contributed by atoms with Crippen molar-refractivity contribution in [2.45, 2.75) is 23.6 Å².